The van der Waals surface area contributed by atoms with Gasteiger partial charge >= 0.3 is 12.1 Å². The lowest BCUT2D eigenvalue weighted by Gasteiger charge is -2.25. The molecule has 1 unspecified atom stereocenters. The van der Waals surface area contributed by atoms with Crippen molar-refractivity contribution in [1.82, 2.24) is 30.5 Å². The molecule has 2 atom stereocenters. The number of unbranched alkanes of at least 4 members (excludes halogenated alkanes) is 1. The second-order valence-electron chi connectivity index (χ2n) is 13.8. The van der Waals surface area contributed by atoms with Crippen LogP contribution in [0.15, 0.2) is 48.5 Å². The van der Waals surface area contributed by atoms with E-state index in [1.807, 2.05) is 24.3 Å². The number of benzene rings is 2. The van der Waals surface area contributed by atoms with E-state index in [0.29, 0.717) is 55.0 Å². The molecule has 2 aromatic heterocycles. The highest BCUT2D eigenvalue weighted by Gasteiger charge is 2.29. The van der Waals surface area contributed by atoms with E-state index in [0.717, 1.165) is 36.0 Å². The van der Waals surface area contributed by atoms with Gasteiger partial charge in [0, 0.05) is 37.1 Å². The van der Waals surface area contributed by atoms with Crippen molar-refractivity contribution in [3.63, 3.8) is 0 Å². The average Bonchev–Trinajstić information content (AvgIpc) is 3.57. The Bertz CT molecular complexity index is 2000. The Kier molecular flexibility index (Phi) is 17.6. The molecule has 0 aliphatic heterocycles. The second kappa shape index (κ2) is 22.7. The fourth-order valence-electron chi connectivity index (χ4n) is 6.15. The number of aromatic nitrogens is 3. The van der Waals surface area contributed by atoms with Gasteiger partial charge in [-0.25, -0.2) is 25.5 Å². The highest BCUT2D eigenvalue weighted by Crippen LogP contribution is 2.31. The van der Waals surface area contributed by atoms with Crippen LogP contribution in [0, 0.1) is 5.92 Å². The number of anilines is 2. The average molecular weight is 806 g/mol. The zero-order valence-electron chi connectivity index (χ0n) is 33.2. The third-order valence-electron chi connectivity index (χ3n) is 9.03. The van der Waals surface area contributed by atoms with Gasteiger partial charge in [-0.1, -0.05) is 57.5 Å². The monoisotopic (exact) mass is 805 g/mol. The van der Waals surface area contributed by atoms with Gasteiger partial charge in [-0.05, 0) is 48.9 Å². The zero-order valence-corrected chi connectivity index (χ0v) is 33.2. The summed E-state index contributed by atoms with van der Waals surface area (Å²) in [6.07, 6.45) is 2.39. The lowest BCUT2D eigenvalue weighted by molar-refractivity contribution is -0.133. The summed E-state index contributed by atoms with van der Waals surface area (Å²) in [5, 5.41) is 14.2. The molecule has 0 bridgehead atoms. The van der Waals surface area contributed by atoms with Crippen molar-refractivity contribution < 1.29 is 38.3 Å². The summed E-state index contributed by atoms with van der Waals surface area (Å²) in [7, 11) is 0. The van der Waals surface area contributed by atoms with Crippen molar-refractivity contribution in [1.29, 1.82) is 0 Å². The number of nitrogens with zero attached hydrogens (tertiary/aromatic N) is 3. The van der Waals surface area contributed by atoms with Crippen LogP contribution in [0.1, 0.15) is 57.8 Å². The highest BCUT2D eigenvalue weighted by atomic mass is 16.6. The first-order valence-corrected chi connectivity index (χ1v) is 19.3. The van der Waals surface area contributed by atoms with E-state index in [4.69, 9.17) is 36.8 Å². The molecule has 19 nitrogen and oxygen atoms in total. The number of para-hydroxylation sites is 1. The summed E-state index contributed by atoms with van der Waals surface area (Å²) >= 11 is 0. The van der Waals surface area contributed by atoms with Crippen LogP contribution in [-0.2, 0) is 48.3 Å². The fourth-order valence-corrected chi connectivity index (χ4v) is 6.15. The second-order valence-corrected chi connectivity index (χ2v) is 13.8. The van der Waals surface area contributed by atoms with Crippen molar-refractivity contribution >= 4 is 63.3 Å². The van der Waals surface area contributed by atoms with Crippen LogP contribution in [0.5, 0.6) is 0 Å². The van der Waals surface area contributed by atoms with Crippen LogP contribution in [0.3, 0.4) is 0 Å². The third-order valence-corrected chi connectivity index (χ3v) is 9.03. The maximum Gasteiger partial charge on any atom is 0.413 e. The Balaban J connectivity index is 1.44. The van der Waals surface area contributed by atoms with Gasteiger partial charge in [0.05, 0.1) is 24.2 Å². The molecule has 4 rings (SSSR count). The van der Waals surface area contributed by atoms with Crippen LogP contribution in [0.2, 0.25) is 0 Å². The fraction of sp³-hybridized carbons (Fsp3) is 0.462. The van der Waals surface area contributed by atoms with Crippen molar-refractivity contribution in [2.24, 2.45) is 23.3 Å². The van der Waals surface area contributed by atoms with Gasteiger partial charge < -0.3 is 46.8 Å². The van der Waals surface area contributed by atoms with Crippen LogP contribution in [-0.4, -0.2) is 89.4 Å². The molecular weight excluding hydrogens is 750 g/mol. The molecule has 58 heavy (non-hydrogen) atoms. The number of urea groups is 1. The lowest BCUT2D eigenvalue weighted by Crippen LogP contribution is -2.55. The predicted molar refractivity (Wildman–Crippen MR) is 218 cm³/mol. The summed E-state index contributed by atoms with van der Waals surface area (Å²) in [6, 6.07) is 11.5. The van der Waals surface area contributed by atoms with Gasteiger partial charge in [0.25, 0.3) is 0 Å². The molecule has 6 amide bonds. The number of ether oxygens (including phenoxy) is 2. The van der Waals surface area contributed by atoms with Gasteiger partial charge in [-0.2, -0.15) is 0 Å². The molecular formula is C39H55N11O8. The largest absolute Gasteiger partial charge is 0.444 e. The third kappa shape index (κ3) is 13.1. The minimum absolute atomic E-state index is 0.0888. The van der Waals surface area contributed by atoms with E-state index in [2.05, 4.69) is 42.9 Å². The first kappa shape index (κ1) is 44.8. The number of carbonyl (C=O) groups is 5. The molecule has 0 spiro atoms. The summed E-state index contributed by atoms with van der Waals surface area (Å²) in [5.74, 6) is 4.07. The van der Waals surface area contributed by atoms with Crippen LogP contribution < -0.4 is 43.9 Å². The number of primary amides is 1. The maximum atomic E-state index is 13.4. The number of imidazole rings is 1. The van der Waals surface area contributed by atoms with E-state index in [1.54, 1.807) is 38.1 Å². The van der Waals surface area contributed by atoms with Crippen LogP contribution >= 0.6 is 0 Å². The molecule has 0 saturated carbocycles. The summed E-state index contributed by atoms with van der Waals surface area (Å²) in [4.78, 5) is 77.1. The number of aryl methyl sites for hydroxylation is 1. The number of nitrogens with two attached hydrogens (primary N) is 3. The van der Waals surface area contributed by atoms with Gasteiger partial charge in [0.2, 0.25) is 17.7 Å². The number of nitrogens with one attached hydrogen (secondary N) is 5. The SMILES string of the molecule is CCCCc1nc2c(NC(=O)OCc3ccc(NC(=O)[C@@H](CCCNC(N)=O)NC(=O)C(NC(=O)CON)C(C)C)cc3)nc3ccccc3c2n1CCOCCN. The molecule has 0 fully saturated rings. The molecule has 4 aromatic rings. The van der Waals surface area contributed by atoms with E-state index in [1.165, 1.54) is 0 Å². The summed E-state index contributed by atoms with van der Waals surface area (Å²) in [6.45, 7) is 7.09. The van der Waals surface area contributed by atoms with Gasteiger partial charge in [0.15, 0.2) is 5.82 Å². The minimum Gasteiger partial charge on any atom is -0.444 e. The lowest BCUT2D eigenvalue weighted by atomic mass is 10.0. The quantitative estimate of drug-likeness (QED) is 0.0397. The van der Waals surface area contributed by atoms with E-state index >= 15 is 0 Å². The van der Waals surface area contributed by atoms with Crippen LogP contribution in [0.4, 0.5) is 21.1 Å². The van der Waals surface area contributed by atoms with Crippen molar-refractivity contribution in [3.8, 4) is 0 Å². The normalized spacial score (nSPS) is 12.2. The van der Waals surface area contributed by atoms with Gasteiger partial charge in [-0.15, -0.1) is 0 Å². The van der Waals surface area contributed by atoms with E-state index in [-0.39, 0.29) is 31.3 Å². The summed E-state index contributed by atoms with van der Waals surface area (Å²) < 4.78 is 13.4. The predicted octanol–water partition coefficient (Wildman–Crippen LogP) is 2.55. The number of rotatable bonds is 23. The topological polar surface area (TPSA) is 282 Å². The van der Waals surface area contributed by atoms with Crippen molar-refractivity contribution in [3.05, 3.63) is 59.9 Å². The Hall–Kier alpha value is -5.89. The Morgan fingerprint density at radius 2 is 1.67 bits per heavy atom. The number of fused-ring (bicyclic) bond motifs is 3. The number of carbonyl (C=O) groups excluding carboxylic acids is 5. The molecule has 0 saturated heterocycles. The molecule has 0 aliphatic rings. The molecule has 11 N–H and O–H groups in total. The number of hydrogen-bond donors (Lipinski definition) is 8. The first-order chi connectivity index (χ1) is 27.9. The van der Waals surface area contributed by atoms with Crippen molar-refractivity contribution in [2.45, 2.75) is 78.1 Å². The standard InChI is InChI=1S/C39H55N11O8/c1-4-5-12-30-47-33-34(50(30)19-21-56-20-17-40)27-9-6-7-10-28(27)45-35(33)49-39(55)57-22-25-13-15-26(16-14-25)44-36(52)29(11-8-18-43-38(41)54)46-37(53)32(24(2)3)48-31(51)23-58-42/h6-7,9-10,13-16,24,29,32H,4-5,8,11-12,17-23,40,42H2,1-3H3,(H,44,52)(H,46,53)(H,48,51)(H3,41,43,54)(H,45,49,55)/t29-,32?/m1/s1. The van der Waals surface area contributed by atoms with Crippen LogP contribution in [0.25, 0.3) is 21.9 Å². The zero-order chi connectivity index (χ0) is 42.0. The number of pyridine rings is 1. The molecule has 19 heteroatoms. The summed E-state index contributed by atoms with van der Waals surface area (Å²) in [5.41, 5.74) is 13.9. The Labute approximate surface area is 336 Å². The maximum absolute atomic E-state index is 13.4. The smallest absolute Gasteiger partial charge is 0.413 e. The molecule has 2 heterocycles. The number of hydrogen-bond acceptors (Lipinski definition) is 12. The Morgan fingerprint density at radius 1 is 0.914 bits per heavy atom. The van der Waals surface area contributed by atoms with E-state index in [9.17, 15) is 24.0 Å². The van der Waals surface area contributed by atoms with Crippen molar-refractivity contribution in [2.75, 3.05) is 43.5 Å². The van der Waals surface area contributed by atoms with E-state index < -0.39 is 48.5 Å². The minimum atomic E-state index is -1.04. The molecule has 0 radical (unpaired) electrons. The Morgan fingerprint density at radius 3 is 2.36 bits per heavy atom. The molecule has 0 aliphatic carbocycles. The highest BCUT2D eigenvalue weighted by molar-refractivity contribution is 6.09. The van der Waals surface area contributed by atoms with Gasteiger partial charge in [-0.3, -0.25) is 24.5 Å². The van der Waals surface area contributed by atoms with Gasteiger partial charge in [0.1, 0.15) is 36.6 Å². The molecule has 2 aromatic carbocycles. The number of amides is 6. The first-order valence-electron chi connectivity index (χ1n) is 19.3. The molecule has 314 valence electrons.